The highest BCUT2D eigenvalue weighted by atomic mass is 35.5. The zero-order chi connectivity index (χ0) is 28.8. The van der Waals surface area contributed by atoms with Gasteiger partial charge in [0, 0.05) is 28.2 Å². The van der Waals surface area contributed by atoms with Gasteiger partial charge in [-0.15, -0.1) is 0 Å². The molecule has 210 valence electrons. The molecule has 4 N–H and O–H groups in total. The van der Waals surface area contributed by atoms with E-state index in [1.54, 1.807) is 4.90 Å². The van der Waals surface area contributed by atoms with Gasteiger partial charge < -0.3 is 25.5 Å². The molecule has 1 aliphatic rings. The van der Waals surface area contributed by atoms with E-state index in [1.807, 2.05) is 42.5 Å². The Labute approximate surface area is 241 Å². The summed E-state index contributed by atoms with van der Waals surface area (Å²) in [4.78, 5) is 26.8. The number of hydrogen-bond donors (Lipinski definition) is 3. The fraction of sp³-hybridized carbons (Fsp3) is 0.167. The fourth-order valence-electron chi connectivity index (χ4n) is 4.81. The smallest absolute Gasteiger partial charge is 0.416 e. The number of benzene rings is 3. The standard InChI is InChI=1S/C30H28ClFN6O3/c1-2-34-29(36-18-33)35-14-16-40-22-8-3-19(4-9-22)28-27-24(25-17-20(31)5-12-26(25)37-27)13-15-38(28)30(39)41-23-10-6-21(32)7-11-23/h2-12,17-18,28,37H,1,13-16H2,(H3,33,34,35,36). The highest BCUT2D eigenvalue weighted by molar-refractivity contribution is 6.31. The first kappa shape index (κ1) is 27.7. The van der Waals surface area contributed by atoms with Crippen molar-refractivity contribution in [2.45, 2.75) is 12.5 Å². The Hall–Kier alpha value is -4.83. The number of H-pyrrole nitrogens is 1. The van der Waals surface area contributed by atoms with E-state index >= 15 is 0 Å². The summed E-state index contributed by atoms with van der Waals surface area (Å²) in [5.74, 6) is 0.833. The van der Waals surface area contributed by atoms with Crippen LogP contribution in [0.25, 0.3) is 10.9 Å². The van der Waals surface area contributed by atoms with Crippen LogP contribution < -0.4 is 20.5 Å². The molecule has 0 radical (unpaired) electrons. The highest BCUT2D eigenvalue weighted by Crippen LogP contribution is 2.40. The summed E-state index contributed by atoms with van der Waals surface area (Å²) in [6, 6.07) is 18.1. The molecule has 41 heavy (non-hydrogen) atoms. The Kier molecular flexibility index (Phi) is 8.50. The predicted octanol–water partition coefficient (Wildman–Crippen LogP) is 5.56. The SMILES string of the molecule is C=CNC(N=CN)=NCCOc1ccc(C2c3[nH]c4ccc(Cl)cc4c3CCN2C(=O)Oc2ccc(F)cc2)cc1. The van der Waals surface area contributed by atoms with Crippen molar-refractivity contribution >= 4 is 40.9 Å². The molecule has 1 aromatic heterocycles. The van der Waals surface area contributed by atoms with Crippen LogP contribution in [0.1, 0.15) is 22.9 Å². The Balaban J connectivity index is 1.40. The Morgan fingerprint density at radius 2 is 1.93 bits per heavy atom. The van der Waals surface area contributed by atoms with Crippen LogP contribution in [0.4, 0.5) is 9.18 Å². The molecule has 0 spiro atoms. The summed E-state index contributed by atoms with van der Waals surface area (Å²) in [7, 11) is 0. The lowest BCUT2D eigenvalue weighted by Gasteiger charge is -2.35. The summed E-state index contributed by atoms with van der Waals surface area (Å²) in [6.07, 6.45) is 2.68. The molecule has 11 heteroatoms. The summed E-state index contributed by atoms with van der Waals surface area (Å²) >= 11 is 6.30. The number of fused-ring (bicyclic) bond motifs is 3. The summed E-state index contributed by atoms with van der Waals surface area (Å²) in [5.41, 5.74) is 9.11. The number of aliphatic imine (C=N–C) groups is 2. The molecule has 0 saturated carbocycles. The maximum atomic E-state index is 13.4. The lowest BCUT2D eigenvalue weighted by Crippen LogP contribution is -2.42. The van der Waals surface area contributed by atoms with Crippen LogP contribution in [-0.4, -0.2) is 48.0 Å². The molecular formula is C30H28ClFN6O3. The number of amides is 1. The molecule has 1 unspecified atom stereocenters. The minimum atomic E-state index is -0.536. The average molecular weight is 575 g/mol. The molecule has 5 rings (SSSR count). The summed E-state index contributed by atoms with van der Waals surface area (Å²) < 4.78 is 24.9. The third kappa shape index (κ3) is 6.33. The van der Waals surface area contributed by atoms with E-state index in [9.17, 15) is 9.18 Å². The first-order valence-electron chi connectivity index (χ1n) is 12.9. The number of hydrogen-bond acceptors (Lipinski definition) is 4. The highest BCUT2D eigenvalue weighted by Gasteiger charge is 2.35. The van der Waals surface area contributed by atoms with Gasteiger partial charge in [0.05, 0.1) is 12.9 Å². The minimum absolute atomic E-state index is 0.263. The van der Waals surface area contributed by atoms with Gasteiger partial charge in [-0.05, 0) is 78.3 Å². The number of aromatic nitrogens is 1. The molecule has 3 aromatic carbocycles. The van der Waals surface area contributed by atoms with Crippen molar-refractivity contribution < 1.29 is 18.7 Å². The number of nitrogens with one attached hydrogen (secondary N) is 2. The largest absolute Gasteiger partial charge is 0.492 e. The molecule has 4 aromatic rings. The van der Waals surface area contributed by atoms with Gasteiger partial charge in [-0.3, -0.25) is 4.90 Å². The van der Waals surface area contributed by atoms with Crippen LogP contribution in [0, 0.1) is 5.82 Å². The van der Waals surface area contributed by atoms with Crippen LogP contribution in [0.2, 0.25) is 5.02 Å². The van der Waals surface area contributed by atoms with Gasteiger partial charge in [-0.1, -0.05) is 30.3 Å². The van der Waals surface area contributed by atoms with E-state index in [0.29, 0.717) is 42.8 Å². The Morgan fingerprint density at radius 1 is 1.17 bits per heavy atom. The van der Waals surface area contributed by atoms with E-state index in [0.717, 1.165) is 34.1 Å². The molecule has 0 saturated heterocycles. The monoisotopic (exact) mass is 574 g/mol. The second kappa shape index (κ2) is 12.6. The van der Waals surface area contributed by atoms with Crippen molar-refractivity contribution in [1.82, 2.24) is 15.2 Å². The zero-order valence-corrected chi connectivity index (χ0v) is 22.8. The van der Waals surface area contributed by atoms with Crippen LogP contribution in [-0.2, 0) is 6.42 Å². The summed E-state index contributed by atoms with van der Waals surface area (Å²) in [6.45, 7) is 4.66. The maximum Gasteiger partial charge on any atom is 0.416 e. The maximum absolute atomic E-state index is 13.4. The quantitative estimate of drug-likeness (QED) is 0.152. The van der Waals surface area contributed by atoms with Gasteiger partial charge in [0.25, 0.3) is 0 Å². The second-order valence-electron chi connectivity index (χ2n) is 9.12. The first-order valence-corrected chi connectivity index (χ1v) is 13.3. The average Bonchev–Trinajstić information content (AvgIpc) is 3.34. The van der Waals surface area contributed by atoms with E-state index in [4.69, 9.17) is 26.8 Å². The Bertz CT molecular complexity index is 1600. The zero-order valence-electron chi connectivity index (χ0n) is 22.0. The number of rotatable bonds is 7. The summed E-state index contributed by atoms with van der Waals surface area (Å²) in [5, 5.41) is 4.45. The van der Waals surface area contributed by atoms with E-state index in [2.05, 4.69) is 26.9 Å². The number of halogens is 2. The molecule has 0 bridgehead atoms. The second-order valence-corrected chi connectivity index (χ2v) is 9.56. The van der Waals surface area contributed by atoms with Crippen molar-refractivity contribution in [2.75, 3.05) is 19.7 Å². The number of ether oxygens (including phenoxy) is 2. The van der Waals surface area contributed by atoms with Gasteiger partial charge in [0.1, 0.15) is 30.0 Å². The third-order valence-corrected chi connectivity index (χ3v) is 6.82. The van der Waals surface area contributed by atoms with Crippen molar-refractivity contribution in [3.05, 3.63) is 107 Å². The number of aromatic amines is 1. The number of carbonyl (C=O) groups excluding carboxylic acids is 1. The van der Waals surface area contributed by atoms with E-state index < -0.39 is 18.0 Å². The van der Waals surface area contributed by atoms with Crippen LogP contribution >= 0.6 is 11.6 Å². The lowest BCUT2D eigenvalue weighted by molar-refractivity contribution is 0.135. The molecule has 0 aliphatic carbocycles. The van der Waals surface area contributed by atoms with Crippen molar-refractivity contribution in [3.63, 3.8) is 0 Å². The molecule has 1 aliphatic heterocycles. The van der Waals surface area contributed by atoms with Gasteiger partial charge in [-0.2, -0.15) is 0 Å². The minimum Gasteiger partial charge on any atom is -0.492 e. The number of nitrogens with two attached hydrogens (primary N) is 1. The predicted molar refractivity (Wildman–Crippen MR) is 158 cm³/mol. The first-order chi connectivity index (χ1) is 20.0. The van der Waals surface area contributed by atoms with Crippen molar-refractivity contribution in [1.29, 1.82) is 0 Å². The molecule has 2 heterocycles. The molecule has 0 fully saturated rings. The van der Waals surface area contributed by atoms with Crippen LogP contribution in [0.3, 0.4) is 0 Å². The van der Waals surface area contributed by atoms with Crippen LogP contribution in [0.15, 0.2) is 89.5 Å². The molecule has 1 atom stereocenters. The topological polar surface area (TPSA) is 117 Å². The lowest BCUT2D eigenvalue weighted by atomic mass is 9.92. The normalized spacial score (nSPS) is 15.1. The van der Waals surface area contributed by atoms with E-state index in [1.165, 1.54) is 30.5 Å². The van der Waals surface area contributed by atoms with Crippen molar-refractivity contribution in [3.8, 4) is 11.5 Å². The van der Waals surface area contributed by atoms with Gasteiger partial charge in [0.15, 0.2) is 0 Å². The fourth-order valence-corrected chi connectivity index (χ4v) is 4.99. The number of nitrogens with zero attached hydrogens (tertiary/aromatic N) is 3. The van der Waals surface area contributed by atoms with Gasteiger partial charge >= 0.3 is 6.09 Å². The number of guanidine groups is 1. The number of carbonyl (C=O) groups is 1. The van der Waals surface area contributed by atoms with E-state index in [-0.39, 0.29) is 5.75 Å². The third-order valence-electron chi connectivity index (χ3n) is 6.59. The van der Waals surface area contributed by atoms with Gasteiger partial charge in [-0.25, -0.2) is 19.2 Å². The molecule has 1 amide bonds. The van der Waals surface area contributed by atoms with Crippen LogP contribution in [0.5, 0.6) is 11.5 Å². The van der Waals surface area contributed by atoms with Crippen molar-refractivity contribution in [2.24, 2.45) is 15.7 Å². The Morgan fingerprint density at radius 3 is 2.66 bits per heavy atom. The van der Waals surface area contributed by atoms with Gasteiger partial charge in [0.2, 0.25) is 5.96 Å². The molecular weight excluding hydrogens is 547 g/mol. The molecule has 9 nitrogen and oxygen atoms in total.